The molecule has 1 aromatic carbocycles. The number of piperidine rings is 1. The first-order valence-electron chi connectivity index (χ1n) is 8.13. The van der Waals surface area contributed by atoms with Crippen LogP contribution in [0.15, 0.2) is 46.2 Å². The maximum atomic E-state index is 13.4. The maximum absolute atomic E-state index is 13.4. The summed E-state index contributed by atoms with van der Waals surface area (Å²) in [5, 5.41) is 10.2. The molecule has 0 radical (unpaired) electrons. The second kappa shape index (κ2) is 6.76. The minimum Gasteiger partial charge on any atom is -0.420 e. The molecule has 1 atom stereocenters. The molecular weight excluding hydrogens is 341 g/mol. The number of rotatable bonds is 3. The molecule has 1 amide bonds. The number of amides is 1. The van der Waals surface area contributed by atoms with Gasteiger partial charge in [0.25, 0.3) is 11.8 Å². The van der Waals surface area contributed by atoms with Gasteiger partial charge in [0.15, 0.2) is 0 Å². The highest BCUT2D eigenvalue weighted by molar-refractivity contribution is 7.13. The van der Waals surface area contributed by atoms with E-state index in [2.05, 4.69) is 10.2 Å². The molecule has 25 heavy (non-hydrogen) atoms. The van der Waals surface area contributed by atoms with E-state index in [1.165, 1.54) is 12.1 Å². The predicted molar refractivity (Wildman–Crippen MR) is 91.9 cm³/mol. The summed E-state index contributed by atoms with van der Waals surface area (Å²) in [4.78, 5) is 15.3. The Kier molecular flexibility index (Phi) is 4.31. The number of thiophene rings is 1. The topological polar surface area (TPSA) is 59.2 Å². The van der Waals surface area contributed by atoms with E-state index in [0.717, 1.165) is 17.7 Å². The summed E-state index contributed by atoms with van der Waals surface area (Å²) in [6.07, 6.45) is 1.74. The van der Waals surface area contributed by atoms with Crippen LogP contribution in [0.3, 0.4) is 0 Å². The van der Waals surface area contributed by atoms with E-state index in [1.807, 2.05) is 17.5 Å². The third kappa shape index (κ3) is 3.32. The highest BCUT2D eigenvalue weighted by Crippen LogP contribution is 2.30. The number of hydrogen-bond acceptors (Lipinski definition) is 5. The lowest BCUT2D eigenvalue weighted by Crippen LogP contribution is -2.39. The van der Waals surface area contributed by atoms with Gasteiger partial charge < -0.3 is 9.32 Å². The van der Waals surface area contributed by atoms with Crippen molar-refractivity contribution in [1.29, 1.82) is 0 Å². The van der Waals surface area contributed by atoms with Gasteiger partial charge in [-0.15, -0.1) is 21.5 Å². The molecule has 128 valence electrons. The zero-order valence-corrected chi connectivity index (χ0v) is 14.2. The lowest BCUT2D eigenvalue weighted by molar-refractivity contribution is 0.0698. The fraction of sp³-hybridized carbons (Fsp3) is 0.278. The van der Waals surface area contributed by atoms with Crippen LogP contribution in [0.4, 0.5) is 4.39 Å². The number of benzene rings is 1. The third-order valence-corrected chi connectivity index (χ3v) is 5.16. The van der Waals surface area contributed by atoms with Crippen LogP contribution in [0.1, 0.15) is 35.0 Å². The van der Waals surface area contributed by atoms with Crippen LogP contribution < -0.4 is 0 Å². The smallest absolute Gasteiger partial charge is 0.257 e. The molecule has 0 N–H and O–H groups in total. The summed E-state index contributed by atoms with van der Waals surface area (Å²) in [6, 6.07) is 9.66. The van der Waals surface area contributed by atoms with Crippen LogP contribution in [0.2, 0.25) is 0 Å². The van der Waals surface area contributed by atoms with Crippen molar-refractivity contribution in [2.24, 2.45) is 0 Å². The van der Waals surface area contributed by atoms with Crippen molar-refractivity contribution in [1.82, 2.24) is 15.1 Å². The van der Waals surface area contributed by atoms with Crippen LogP contribution in [0.5, 0.6) is 0 Å². The average Bonchev–Trinajstić information content (AvgIpc) is 3.32. The number of halogens is 1. The molecule has 0 bridgehead atoms. The molecule has 7 heteroatoms. The largest absolute Gasteiger partial charge is 0.420 e. The van der Waals surface area contributed by atoms with E-state index < -0.39 is 5.82 Å². The van der Waals surface area contributed by atoms with E-state index in [0.29, 0.717) is 30.4 Å². The molecule has 0 aliphatic carbocycles. The zero-order chi connectivity index (χ0) is 17.2. The van der Waals surface area contributed by atoms with Crippen molar-refractivity contribution >= 4 is 17.2 Å². The molecule has 3 heterocycles. The van der Waals surface area contributed by atoms with E-state index in [4.69, 9.17) is 4.42 Å². The summed E-state index contributed by atoms with van der Waals surface area (Å²) in [6.45, 7) is 1.15. The van der Waals surface area contributed by atoms with Crippen LogP contribution in [-0.2, 0) is 0 Å². The Morgan fingerprint density at radius 3 is 3.00 bits per heavy atom. The van der Waals surface area contributed by atoms with Gasteiger partial charge in [0, 0.05) is 18.7 Å². The summed E-state index contributed by atoms with van der Waals surface area (Å²) in [7, 11) is 0. The Hall–Kier alpha value is -2.54. The van der Waals surface area contributed by atoms with E-state index in [1.54, 1.807) is 28.4 Å². The number of likely N-dealkylation sites (tertiary alicyclic amines) is 1. The van der Waals surface area contributed by atoms with Gasteiger partial charge >= 0.3 is 0 Å². The SMILES string of the molecule is O=C(c1cccc(F)c1)N1CCC[C@@H](c2nnc(-c3cccs3)o2)C1. The second-order valence-corrected chi connectivity index (χ2v) is 6.97. The Balaban J connectivity index is 1.50. The number of nitrogens with zero attached hydrogens (tertiary/aromatic N) is 3. The monoisotopic (exact) mass is 357 g/mol. The first kappa shape index (κ1) is 16.0. The standard InChI is InChI=1S/C18H16FN3O2S/c19-14-6-1-4-12(10-14)18(23)22-8-2-5-13(11-22)16-20-21-17(24-16)15-7-3-9-25-15/h1,3-4,6-7,9-10,13H,2,5,8,11H2/t13-/m1/s1. The Labute approximate surface area is 148 Å². The number of hydrogen-bond donors (Lipinski definition) is 0. The van der Waals surface area contributed by atoms with Gasteiger partial charge in [-0.2, -0.15) is 0 Å². The lowest BCUT2D eigenvalue weighted by Gasteiger charge is -2.31. The first-order chi connectivity index (χ1) is 12.2. The summed E-state index contributed by atoms with van der Waals surface area (Å²) < 4.78 is 19.2. The minimum atomic E-state index is -0.406. The fourth-order valence-corrected chi connectivity index (χ4v) is 3.71. The Bertz CT molecular complexity index is 878. The summed E-state index contributed by atoms with van der Waals surface area (Å²) in [5.74, 6) is 0.505. The minimum absolute atomic E-state index is 0.00692. The molecule has 0 saturated carbocycles. The van der Waals surface area contributed by atoms with Gasteiger partial charge in [-0.25, -0.2) is 4.39 Å². The Morgan fingerprint density at radius 1 is 1.28 bits per heavy atom. The highest BCUT2D eigenvalue weighted by Gasteiger charge is 2.29. The fourth-order valence-electron chi connectivity index (χ4n) is 3.07. The van der Waals surface area contributed by atoms with E-state index >= 15 is 0 Å². The number of carbonyl (C=O) groups excluding carboxylic acids is 1. The van der Waals surface area contributed by atoms with Crippen molar-refractivity contribution in [3.63, 3.8) is 0 Å². The predicted octanol–water partition coefficient (Wildman–Crippen LogP) is 3.96. The molecular formula is C18H16FN3O2S. The highest BCUT2D eigenvalue weighted by atomic mass is 32.1. The number of aromatic nitrogens is 2. The quantitative estimate of drug-likeness (QED) is 0.712. The summed E-state index contributed by atoms with van der Waals surface area (Å²) in [5.41, 5.74) is 0.366. The molecule has 0 unspecified atom stereocenters. The molecule has 0 spiro atoms. The van der Waals surface area contributed by atoms with Crippen LogP contribution in [0.25, 0.3) is 10.8 Å². The van der Waals surface area contributed by atoms with E-state index in [-0.39, 0.29) is 11.8 Å². The van der Waals surface area contributed by atoms with Gasteiger partial charge in [0.05, 0.1) is 10.8 Å². The molecule has 3 aromatic rings. The first-order valence-corrected chi connectivity index (χ1v) is 9.01. The molecule has 1 saturated heterocycles. The van der Waals surface area contributed by atoms with Crippen molar-refractivity contribution in [3.8, 4) is 10.8 Å². The third-order valence-electron chi connectivity index (χ3n) is 4.30. The summed E-state index contributed by atoms with van der Waals surface area (Å²) >= 11 is 1.54. The maximum Gasteiger partial charge on any atom is 0.257 e. The molecule has 5 nitrogen and oxygen atoms in total. The second-order valence-electron chi connectivity index (χ2n) is 6.02. The van der Waals surface area contributed by atoms with Gasteiger partial charge in [-0.1, -0.05) is 12.1 Å². The zero-order valence-electron chi connectivity index (χ0n) is 13.4. The van der Waals surface area contributed by atoms with Crippen molar-refractivity contribution in [2.45, 2.75) is 18.8 Å². The molecule has 1 aliphatic rings. The van der Waals surface area contributed by atoms with Gasteiger partial charge in [0.1, 0.15) is 5.82 Å². The average molecular weight is 357 g/mol. The number of carbonyl (C=O) groups is 1. The van der Waals surface area contributed by atoms with Crippen molar-refractivity contribution < 1.29 is 13.6 Å². The van der Waals surface area contributed by atoms with Crippen LogP contribution in [-0.4, -0.2) is 34.1 Å². The van der Waals surface area contributed by atoms with Crippen molar-refractivity contribution in [2.75, 3.05) is 13.1 Å². The van der Waals surface area contributed by atoms with Gasteiger partial charge in [0.2, 0.25) is 5.89 Å². The molecule has 2 aromatic heterocycles. The normalized spacial score (nSPS) is 17.6. The van der Waals surface area contributed by atoms with Crippen molar-refractivity contribution in [3.05, 3.63) is 59.0 Å². The lowest BCUT2D eigenvalue weighted by atomic mass is 9.97. The molecule has 4 rings (SSSR count). The van der Waals surface area contributed by atoms with E-state index in [9.17, 15) is 9.18 Å². The van der Waals surface area contributed by atoms with Crippen LogP contribution >= 0.6 is 11.3 Å². The van der Waals surface area contributed by atoms with Crippen LogP contribution in [0, 0.1) is 5.82 Å². The van der Waals surface area contributed by atoms with Gasteiger partial charge in [-0.3, -0.25) is 4.79 Å². The molecule has 1 fully saturated rings. The van der Waals surface area contributed by atoms with Gasteiger partial charge in [-0.05, 0) is 42.5 Å². The molecule has 1 aliphatic heterocycles. The Morgan fingerprint density at radius 2 is 2.20 bits per heavy atom.